The molecule has 0 N–H and O–H groups in total. The maximum Gasteiger partial charge on any atom is 0.194 e. The standard InChI is InChI=1S/C29H27F7O/c1-2-3-4-17-9-25(34)29(26(35)10-17)37-15-16-5-7-18(8-6-16)19-11-21(30)27(22(31)12-19)20-13-23(32)28(36)24(33)14-20/h9-14,16,18H,2-8,15H2,1H3. The molecule has 1 aliphatic rings. The average molecular weight is 525 g/mol. The van der Waals surface area contributed by atoms with Crippen LogP contribution >= 0.6 is 0 Å². The second-order valence-corrected chi connectivity index (χ2v) is 9.63. The molecule has 0 atom stereocenters. The van der Waals surface area contributed by atoms with Crippen LogP contribution in [0.2, 0.25) is 0 Å². The monoisotopic (exact) mass is 524 g/mol. The van der Waals surface area contributed by atoms with E-state index in [-0.39, 0.29) is 18.4 Å². The number of benzene rings is 3. The highest BCUT2D eigenvalue weighted by Crippen LogP contribution is 2.39. The zero-order valence-electron chi connectivity index (χ0n) is 20.3. The zero-order chi connectivity index (χ0) is 26.7. The van der Waals surface area contributed by atoms with Crippen molar-refractivity contribution in [2.24, 2.45) is 5.92 Å². The fourth-order valence-corrected chi connectivity index (χ4v) is 4.94. The van der Waals surface area contributed by atoms with E-state index >= 15 is 0 Å². The molecule has 0 bridgehead atoms. The molecule has 1 nitrogen and oxygen atoms in total. The lowest BCUT2D eigenvalue weighted by atomic mass is 9.78. The van der Waals surface area contributed by atoms with Crippen LogP contribution in [0.25, 0.3) is 11.1 Å². The van der Waals surface area contributed by atoms with E-state index < -0.39 is 57.6 Å². The van der Waals surface area contributed by atoms with Gasteiger partial charge in [0.25, 0.3) is 0 Å². The zero-order valence-corrected chi connectivity index (χ0v) is 20.3. The molecule has 0 spiro atoms. The van der Waals surface area contributed by atoms with Crippen molar-refractivity contribution < 1.29 is 35.5 Å². The lowest BCUT2D eigenvalue weighted by Crippen LogP contribution is -2.20. The van der Waals surface area contributed by atoms with Crippen molar-refractivity contribution in [3.63, 3.8) is 0 Å². The Morgan fingerprint density at radius 1 is 0.703 bits per heavy atom. The lowest BCUT2D eigenvalue weighted by molar-refractivity contribution is 0.187. The minimum Gasteiger partial charge on any atom is -0.487 e. The fourth-order valence-electron chi connectivity index (χ4n) is 4.94. The Bertz CT molecular complexity index is 1200. The van der Waals surface area contributed by atoms with Crippen LogP contribution in [0.3, 0.4) is 0 Å². The van der Waals surface area contributed by atoms with Gasteiger partial charge in [-0.25, -0.2) is 30.7 Å². The molecule has 198 valence electrons. The number of hydrogen-bond acceptors (Lipinski definition) is 1. The van der Waals surface area contributed by atoms with Crippen molar-refractivity contribution in [2.75, 3.05) is 6.61 Å². The van der Waals surface area contributed by atoms with Gasteiger partial charge in [0.2, 0.25) is 0 Å². The molecule has 0 heterocycles. The van der Waals surface area contributed by atoms with E-state index in [2.05, 4.69) is 0 Å². The third kappa shape index (κ3) is 6.11. The summed E-state index contributed by atoms with van der Waals surface area (Å²) in [7, 11) is 0. The summed E-state index contributed by atoms with van der Waals surface area (Å²) in [5, 5.41) is 0. The quantitative estimate of drug-likeness (QED) is 0.211. The maximum absolute atomic E-state index is 14.8. The number of rotatable bonds is 8. The van der Waals surface area contributed by atoms with Gasteiger partial charge in [0.05, 0.1) is 12.2 Å². The van der Waals surface area contributed by atoms with Crippen molar-refractivity contribution in [2.45, 2.75) is 57.8 Å². The van der Waals surface area contributed by atoms with Crippen LogP contribution in [0.1, 0.15) is 62.5 Å². The van der Waals surface area contributed by atoms with Gasteiger partial charge in [-0.1, -0.05) is 13.3 Å². The first-order valence-electron chi connectivity index (χ1n) is 12.4. The van der Waals surface area contributed by atoms with Crippen molar-refractivity contribution in [1.82, 2.24) is 0 Å². The number of hydrogen-bond donors (Lipinski definition) is 0. The summed E-state index contributed by atoms with van der Waals surface area (Å²) < 4.78 is 104. The van der Waals surface area contributed by atoms with Gasteiger partial charge in [-0.2, -0.15) is 0 Å². The maximum atomic E-state index is 14.8. The molecule has 4 rings (SSSR count). The van der Waals surface area contributed by atoms with Crippen molar-refractivity contribution >= 4 is 0 Å². The van der Waals surface area contributed by atoms with Crippen LogP contribution in [0.5, 0.6) is 5.75 Å². The molecule has 8 heteroatoms. The van der Waals surface area contributed by atoms with Gasteiger partial charge in [-0.05, 0) is 103 Å². The van der Waals surface area contributed by atoms with E-state index in [4.69, 9.17) is 4.74 Å². The van der Waals surface area contributed by atoms with Crippen LogP contribution in [-0.2, 0) is 6.42 Å². The molecule has 0 amide bonds. The van der Waals surface area contributed by atoms with Crippen LogP contribution in [0.4, 0.5) is 30.7 Å². The summed E-state index contributed by atoms with van der Waals surface area (Å²) in [6, 6.07) is 5.96. The minimum absolute atomic E-state index is 0.0222. The van der Waals surface area contributed by atoms with Crippen molar-refractivity contribution in [3.8, 4) is 16.9 Å². The predicted octanol–water partition coefficient (Wildman–Crippen LogP) is 9.02. The van der Waals surface area contributed by atoms with Crippen molar-refractivity contribution in [1.29, 1.82) is 0 Å². The van der Waals surface area contributed by atoms with Gasteiger partial charge in [-0.15, -0.1) is 0 Å². The smallest absolute Gasteiger partial charge is 0.194 e. The molecule has 1 aliphatic carbocycles. The lowest BCUT2D eigenvalue weighted by Gasteiger charge is -2.29. The average Bonchev–Trinajstić information content (AvgIpc) is 2.85. The first-order chi connectivity index (χ1) is 17.7. The van der Waals surface area contributed by atoms with E-state index in [0.29, 0.717) is 55.4 Å². The fraction of sp³-hybridized carbons (Fsp3) is 0.379. The van der Waals surface area contributed by atoms with E-state index in [1.54, 1.807) is 0 Å². The van der Waals surface area contributed by atoms with Crippen LogP contribution in [0.15, 0.2) is 36.4 Å². The second kappa shape index (κ2) is 11.6. The first-order valence-corrected chi connectivity index (χ1v) is 12.4. The molecule has 0 aliphatic heterocycles. The summed E-state index contributed by atoms with van der Waals surface area (Å²) in [6.07, 6.45) is 4.75. The Morgan fingerprint density at radius 3 is 1.81 bits per heavy atom. The molecule has 0 aromatic heterocycles. The Kier molecular flexibility index (Phi) is 8.45. The summed E-state index contributed by atoms with van der Waals surface area (Å²) in [5.41, 5.74) is -0.0733. The van der Waals surface area contributed by atoms with Crippen LogP contribution in [0, 0.1) is 46.6 Å². The molecule has 3 aromatic carbocycles. The van der Waals surface area contributed by atoms with Gasteiger partial charge in [0.1, 0.15) is 11.6 Å². The summed E-state index contributed by atoms with van der Waals surface area (Å²) in [5.74, 6) is -8.78. The normalized spacial score (nSPS) is 17.7. The highest BCUT2D eigenvalue weighted by Gasteiger charge is 2.26. The first kappa shape index (κ1) is 27.0. The largest absolute Gasteiger partial charge is 0.487 e. The van der Waals surface area contributed by atoms with Crippen molar-refractivity contribution in [3.05, 3.63) is 88.2 Å². The van der Waals surface area contributed by atoms with Gasteiger partial charge >= 0.3 is 0 Å². The molecular weight excluding hydrogens is 497 g/mol. The Labute approximate surface area is 211 Å². The highest BCUT2D eigenvalue weighted by atomic mass is 19.2. The minimum atomic E-state index is -1.71. The molecular formula is C29H27F7O. The third-order valence-electron chi connectivity index (χ3n) is 7.00. The Balaban J connectivity index is 1.39. The second-order valence-electron chi connectivity index (χ2n) is 9.63. The number of aryl methyl sites for hydroxylation is 1. The SMILES string of the molecule is CCCCc1cc(F)c(OCC2CCC(c3cc(F)c(-c4cc(F)c(F)c(F)c4)c(F)c3)CC2)c(F)c1. The van der Waals surface area contributed by atoms with E-state index in [1.807, 2.05) is 6.92 Å². The molecule has 3 aromatic rings. The van der Waals surface area contributed by atoms with Crippen LogP contribution < -0.4 is 4.74 Å². The predicted molar refractivity (Wildman–Crippen MR) is 127 cm³/mol. The van der Waals surface area contributed by atoms with Gasteiger partial charge in [0, 0.05) is 0 Å². The van der Waals surface area contributed by atoms with Crippen LogP contribution in [-0.4, -0.2) is 6.61 Å². The summed E-state index contributed by atoms with van der Waals surface area (Å²) in [6.45, 7) is 2.12. The molecule has 37 heavy (non-hydrogen) atoms. The molecule has 1 fully saturated rings. The topological polar surface area (TPSA) is 9.23 Å². The van der Waals surface area contributed by atoms with Gasteiger partial charge < -0.3 is 4.74 Å². The number of unbranched alkanes of at least 4 members (excludes halogenated alkanes) is 1. The number of halogens is 7. The van der Waals surface area contributed by atoms with E-state index in [0.717, 1.165) is 25.0 Å². The molecule has 1 saturated carbocycles. The Morgan fingerprint density at radius 2 is 1.27 bits per heavy atom. The number of ether oxygens (including phenoxy) is 1. The van der Waals surface area contributed by atoms with E-state index in [9.17, 15) is 30.7 Å². The van der Waals surface area contributed by atoms with Gasteiger partial charge in [-0.3, -0.25) is 0 Å². The molecule has 0 radical (unpaired) electrons. The Hall–Kier alpha value is -3.03. The molecule has 0 unspecified atom stereocenters. The van der Waals surface area contributed by atoms with E-state index in [1.165, 1.54) is 12.1 Å². The summed E-state index contributed by atoms with van der Waals surface area (Å²) >= 11 is 0. The summed E-state index contributed by atoms with van der Waals surface area (Å²) in [4.78, 5) is 0. The highest BCUT2D eigenvalue weighted by molar-refractivity contribution is 5.65. The van der Waals surface area contributed by atoms with Gasteiger partial charge in [0.15, 0.2) is 34.8 Å². The molecule has 0 saturated heterocycles. The third-order valence-corrected chi connectivity index (χ3v) is 7.00.